The summed E-state index contributed by atoms with van der Waals surface area (Å²) in [7, 11) is 0. The lowest BCUT2D eigenvalue weighted by Gasteiger charge is -2.14. The summed E-state index contributed by atoms with van der Waals surface area (Å²) in [4.78, 5) is 12.8. The second-order valence-corrected chi connectivity index (χ2v) is 8.73. The van der Waals surface area contributed by atoms with Crippen LogP contribution in [0, 0.1) is 6.92 Å². The van der Waals surface area contributed by atoms with Gasteiger partial charge in [-0.1, -0.05) is 42.1 Å². The van der Waals surface area contributed by atoms with Crippen molar-refractivity contribution >= 4 is 23.4 Å². The Morgan fingerprint density at radius 2 is 1.85 bits per heavy atom. The van der Waals surface area contributed by atoms with Crippen molar-refractivity contribution in [3.63, 3.8) is 0 Å². The second-order valence-electron chi connectivity index (χ2n) is 7.42. The molecular formula is C24H22F2N4O3S. The van der Waals surface area contributed by atoms with Gasteiger partial charge in [-0.15, -0.1) is 10.2 Å². The van der Waals surface area contributed by atoms with Crippen molar-refractivity contribution in [3.05, 3.63) is 78.3 Å². The molecule has 0 aliphatic heterocycles. The molecule has 0 saturated carbocycles. The van der Waals surface area contributed by atoms with Crippen molar-refractivity contribution in [2.75, 3.05) is 5.32 Å². The molecule has 176 valence electrons. The summed E-state index contributed by atoms with van der Waals surface area (Å²) < 4.78 is 36.4. The minimum atomic E-state index is -2.90. The highest BCUT2D eigenvalue weighted by molar-refractivity contribution is 8.00. The number of carbonyl (C=O) groups is 1. The van der Waals surface area contributed by atoms with E-state index < -0.39 is 11.9 Å². The molecule has 0 aliphatic carbocycles. The molecule has 0 aliphatic rings. The highest BCUT2D eigenvalue weighted by atomic mass is 32.2. The average Bonchev–Trinajstić information content (AvgIpc) is 3.41. The first-order valence-electron chi connectivity index (χ1n) is 10.4. The molecule has 4 rings (SSSR count). The number of anilines is 1. The van der Waals surface area contributed by atoms with E-state index >= 15 is 0 Å². The van der Waals surface area contributed by atoms with Crippen molar-refractivity contribution in [3.8, 4) is 17.1 Å². The Labute approximate surface area is 199 Å². The molecule has 0 spiro atoms. The molecule has 0 fully saturated rings. The molecule has 1 N–H and O–H groups in total. The summed E-state index contributed by atoms with van der Waals surface area (Å²) in [6.45, 7) is 1.24. The Hall–Kier alpha value is -3.66. The first-order valence-corrected chi connectivity index (χ1v) is 11.3. The number of aromatic nitrogens is 3. The van der Waals surface area contributed by atoms with Crippen molar-refractivity contribution in [1.82, 2.24) is 14.8 Å². The Morgan fingerprint density at radius 1 is 1.12 bits per heavy atom. The van der Waals surface area contributed by atoms with Gasteiger partial charge in [0.05, 0.1) is 23.6 Å². The summed E-state index contributed by atoms with van der Waals surface area (Å²) >= 11 is 1.28. The molecule has 0 radical (unpaired) electrons. The summed E-state index contributed by atoms with van der Waals surface area (Å²) in [5, 5.41) is 11.6. The number of halogens is 2. The van der Waals surface area contributed by atoms with Crippen molar-refractivity contribution in [2.24, 2.45) is 0 Å². The maximum absolute atomic E-state index is 12.8. The van der Waals surface area contributed by atoms with Gasteiger partial charge in [0.25, 0.3) is 0 Å². The largest absolute Gasteiger partial charge is 0.469 e. The molecule has 1 unspecified atom stereocenters. The standard InChI is InChI=1S/C24H22F2N4O3S/c1-15-20(12-13-32-15)21-28-29-24(30(21)14-17-6-4-3-5-7-17)34-16(2)22(31)27-18-8-10-19(11-9-18)33-23(25)26/h3-13,16,23H,14H2,1-2H3,(H,27,31). The molecule has 2 aromatic heterocycles. The van der Waals surface area contributed by atoms with Crippen LogP contribution in [0.1, 0.15) is 18.2 Å². The van der Waals surface area contributed by atoms with Crippen LogP contribution in [-0.2, 0) is 11.3 Å². The van der Waals surface area contributed by atoms with Crippen molar-refractivity contribution in [2.45, 2.75) is 37.4 Å². The summed E-state index contributed by atoms with van der Waals surface area (Å²) in [6.07, 6.45) is 1.60. The highest BCUT2D eigenvalue weighted by Crippen LogP contribution is 2.30. The molecule has 1 atom stereocenters. The molecule has 0 bridgehead atoms. The van der Waals surface area contributed by atoms with Gasteiger partial charge >= 0.3 is 6.61 Å². The van der Waals surface area contributed by atoms with Crippen LogP contribution in [0.25, 0.3) is 11.4 Å². The lowest BCUT2D eigenvalue weighted by Crippen LogP contribution is -2.23. The van der Waals surface area contributed by atoms with Gasteiger partial charge in [-0.05, 0) is 49.7 Å². The van der Waals surface area contributed by atoms with E-state index in [-0.39, 0.29) is 11.7 Å². The number of ether oxygens (including phenoxy) is 1. The van der Waals surface area contributed by atoms with Crippen molar-refractivity contribution < 1.29 is 22.7 Å². The van der Waals surface area contributed by atoms with E-state index in [0.29, 0.717) is 23.2 Å². The SMILES string of the molecule is Cc1occc1-c1nnc(SC(C)C(=O)Nc2ccc(OC(F)F)cc2)n1Cc1ccccc1. The number of alkyl halides is 2. The van der Waals surface area contributed by atoms with Crippen LogP contribution in [0.4, 0.5) is 14.5 Å². The Balaban J connectivity index is 1.51. The van der Waals surface area contributed by atoms with Gasteiger partial charge in [0.1, 0.15) is 11.5 Å². The molecule has 0 saturated heterocycles. The van der Waals surface area contributed by atoms with Crippen LogP contribution in [0.15, 0.2) is 76.5 Å². The summed E-state index contributed by atoms with van der Waals surface area (Å²) in [5.74, 6) is 1.14. The van der Waals surface area contributed by atoms with E-state index in [2.05, 4.69) is 20.3 Å². The van der Waals surface area contributed by atoms with E-state index in [1.165, 1.54) is 36.0 Å². The average molecular weight is 485 g/mol. The van der Waals surface area contributed by atoms with Crippen LogP contribution in [0.5, 0.6) is 5.75 Å². The second kappa shape index (κ2) is 10.5. The van der Waals surface area contributed by atoms with E-state index in [4.69, 9.17) is 4.42 Å². The number of nitrogens with one attached hydrogen (secondary N) is 1. The van der Waals surface area contributed by atoms with Gasteiger partial charge in [-0.2, -0.15) is 8.78 Å². The summed E-state index contributed by atoms with van der Waals surface area (Å²) in [6, 6.07) is 17.5. The number of hydrogen-bond donors (Lipinski definition) is 1. The van der Waals surface area contributed by atoms with Gasteiger partial charge in [0.2, 0.25) is 5.91 Å². The van der Waals surface area contributed by atoms with E-state index in [0.717, 1.165) is 16.9 Å². The number of thioether (sulfide) groups is 1. The lowest BCUT2D eigenvalue weighted by atomic mass is 10.2. The number of furan rings is 1. The first-order chi connectivity index (χ1) is 16.4. The number of aryl methyl sites for hydroxylation is 1. The van der Waals surface area contributed by atoms with Gasteiger partial charge in [0.15, 0.2) is 11.0 Å². The Bertz CT molecular complexity index is 1240. The van der Waals surface area contributed by atoms with Crippen molar-refractivity contribution in [1.29, 1.82) is 0 Å². The molecule has 7 nitrogen and oxygen atoms in total. The fourth-order valence-corrected chi connectivity index (χ4v) is 4.12. The molecule has 10 heteroatoms. The molecule has 1 amide bonds. The predicted octanol–water partition coefficient (Wildman–Crippen LogP) is 5.62. The molecule has 2 aromatic carbocycles. The number of benzene rings is 2. The molecular weight excluding hydrogens is 462 g/mol. The first kappa shape index (κ1) is 23.5. The Morgan fingerprint density at radius 3 is 2.50 bits per heavy atom. The fraction of sp³-hybridized carbons (Fsp3) is 0.208. The molecule has 2 heterocycles. The fourth-order valence-electron chi connectivity index (χ4n) is 3.28. The normalized spacial score (nSPS) is 12.0. The quantitative estimate of drug-likeness (QED) is 0.311. The van der Waals surface area contributed by atoms with E-state index in [9.17, 15) is 13.6 Å². The topological polar surface area (TPSA) is 82.2 Å². The number of amides is 1. The van der Waals surface area contributed by atoms with Crippen LogP contribution in [0.3, 0.4) is 0 Å². The van der Waals surface area contributed by atoms with Crippen LogP contribution >= 0.6 is 11.8 Å². The molecule has 4 aromatic rings. The monoisotopic (exact) mass is 484 g/mol. The lowest BCUT2D eigenvalue weighted by molar-refractivity contribution is -0.115. The minimum Gasteiger partial charge on any atom is -0.469 e. The predicted molar refractivity (Wildman–Crippen MR) is 125 cm³/mol. The number of hydrogen-bond acceptors (Lipinski definition) is 6. The van der Waals surface area contributed by atoms with Crippen LogP contribution < -0.4 is 10.1 Å². The smallest absolute Gasteiger partial charge is 0.387 e. The van der Waals surface area contributed by atoms with Gasteiger partial charge < -0.3 is 14.5 Å². The number of rotatable bonds is 9. The van der Waals surface area contributed by atoms with E-state index in [1.807, 2.05) is 47.9 Å². The van der Waals surface area contributed by atoms with Crippen LogP contribution in [0.2, 0.25) is 0 Å². The number of nitrogens with zero attached hydrogens (tertiary/aromatic N) is 3. The maximum atomic E-state index is 12.8. The third-order valence-corrected chi connectivity index (χ3v) is 6.08. The summed E-state index contributed by atoms with van der Waals surface area (Å²) in [5.41, 5.74) is 2.37. The third kappa shape index (κ3) is 5.63. The molecule has 34 heavy (non-hydrogen) atoms. The zero-order chi connectivity index (χ0) is 24.1. The van der Waals surface area contributed by atoms with Gasteiger partial charge in [-0.25, -0.2) is 0 Å². The maximum Gasteiger partial charge on any atom is 0.387 e. The van der Waals surface area contributed by atoms with Gasteiger partial charge in [0, 0.05) is 5.69 Å². The highest BCUT2D eigenvalue weighted by Gasteiger charge is 2.22. The van der Waals surface area contributed by atoms with Gasteiger partial charge in [-0.3, -0.25) is 9.36 Å². The van der Waals surface area contributed by atoms with E-state index in [1.54, 1.807) is 13.2 Å². The minimum absolute atomic E-state index is 0.0199. The zero-order valence-corrected chi connectivity index (χ0v) is 19.3. The van der Waals surface area contributed by atoms with Crippen LogP contribution in [-0.4, -0.2) is 32.5 Å². The Kier molecular flexibility index (Phi) is 7.27. The zero-order valence-electron chi connectivity index (χ0n) is 18.4. The third-order valence-electron chi connectivity index (χ3n) is 5.00. The number of carbonyl (C=O) groups excluding carboxylic acids is 1.